The molecule has 0 aromatic carbocycles. The Labute approximate surface area is 259 Å². The van der Waals surface area contributed by atoms with Crippen LogP contribution in [0.5, 0.6) is 0 Å². The summed E-state index contributed by atoms with van der Waals surface area (Å²) in [4.78, 5) is 36.0. The van der Waals surface area contributed by atoms with Crippen molar-refractivity contribution in [3.63, 3.8) is 0 Å². The summed E-state index contributed by atoms with van der Waals surface area (Å²) >= 11 is 0. The van der Waals surface area contributed by atoms with Crippen LogP contribution in [0.2, 0.25) is 0 Å². The molecule has 0 aliphatic carbocycles. The van der Waals surface area contributed by atoms with Gasteiger partial charge in [0, 0.05) is 35.0 Å². The van der Waals surface area contributed by atoms with E-state index < -0.39 is 129 Å². The summed E-state index contributed by atoms with van der Waals surface area (Å²) in [7, 11) is 2.54. The molecular weight excluding hydrogens is 610 g/mol. The van der Waals surface area contributed by atoms with Gasteiger partial charge in [0.1, 0.15) is 73.1 Å². The van der Waals surface area contributed by atoms with Crippen molar-refractivity contribution >= 4 is 17.7 Å². The highest BCUT2D eigenvalue weighted by atomic mass is 16.7. The molecule has 3 saturated heterocycles. The number of amides is 3. The van der Waals surface area contributed by atoms with Crippen LogP contribution >= 0.6 is 0 Å². The lowest BCUT2D eigenvalue weighted by atomic mass is 9.93. The molecule has 3 amide bonds. The summed E-state index contributed by atoms with van der Waals surface area (Å²) < 4.78 is 39.8. The Morgan fingerprint density at radius 1 is 0.556 bits per heavy atom. The molecule has 15 atom stereocenters. The minimum atomic E-state index is -1.72. The van der Waals surface area contributed by atoms with Crippen LogP contribution in [-0.2, 0) is 47.5 Å². The second-order valence-corrected chi connectivity index (χ2v) is 11.0. The van der Waals surface area contributed by atoms with Gasteiger partial charge in [-0.05, 0) is 0 Å². The van der Waals surface area contributed by atoms with Crippen molar-refractivity contribution < 1.29 is 78.2 Å². The van der Waals surface area contributed by atoms with Crippen LogP contribution < -0.4 is 16.0 Å². The number of carbonyl (C=O) groups is 3. The average molecular weight is 656 g/mol. The molecule has 45 heavy (non-hydrogen) atoms. The van der Waals surface area contributed by atoms with E-state index in [1.165, 1.54) is 28.1 Å². The molecule has 9 N–H and O–H groups in total. The molecule has 0 saturated carbocycles. The number of methoxy groups -OCH3 is 2. The highest BCUT2D eigenvalue weighted by Gasteiger charge is 2.54. The van der Waals surface area contributed by atoms with Gasteiger partial charge in [-0.2, -0.15) is 0 Å². The molecule has 3 rings (SSSR count). The molecule has 3 heterocycles. The third-order valence-electron chi connectivity index (χ3n) is 7.76. The molecule has 19 heteroatoms. The smallest absolute Gasteiger partial charge is 0.217 e. The zero-order valence-corrected chi connectivity index (χ0v) is 25.5. The lowest BCUT2D eigenvalue weighted by molar-refractivity contribution is -0.353. The molecule has 3 aliphatic heterocycles. The summed E-state index contributed by atoms with van der Waals surface area (Å²) in [6.07, 6.45) is -16.7. The standard InChI is InChI=1S/C26H45N3O16/c1-9(33)27-15-19(37)22(13(7-31)41-24(15)40-5)44-26-17(29-11(3)35)20(38)23(14(8-32)43-26)45-25-16(28-10(2)34)18(36)21(39-4)12(6-30)42-25/h12-26,30-32,36-38H,6-8H2,1-5H3,(H,27,33)(H,28,34)(H,29,35)/t12?,13?,14-,15-,16-,17?,18-,19-,20?,21-,22-,23-,24-,25+,26+/m1/s1. The fourth-order valence-electron chi connectivity index (χ4n) is 5.74. The van der Waals surface area contributed by atoms with Gasteiger partial charge in [-0.15, -0.1) is 0 Å². The number of hydrogen-bond acceptors (Lipinski definition) is 16. The minimum absolute atomic E-state index is 0.528. The molecule has 0 aromatic rings. The fraction of sp³-hybridized carbons (Fsp3) is 0.885. The highest BCUT2D eigenvalue weighted by Crippen LogP contribution is 2.33. The van der Waals surface area contributed by atoms with Crippen LogP contribution in [0, 0.1) is 0 Å². The second-order valence-electron chi connectivity index (χ2n) is 11.0. The van der Waals surface area contributed by atoms with E-state index >= 15 is 0 Å². The maximum atomic E-state index is 12.2. The van der Waals surface area contributed by atoms with Crippen molar-refractivity contribution in [3.05, 3.63) is 0 Å². The molecule has 0 aromatic heterocycles. The normalized spacial score (nSPS) is 42.1. The summed E-state index contributed by atoms with van der Waals surface area (Å²) in [5.74, 6) is -1.74. The molecule has 19 nitrogen and oxygen atoms in total. The zero-order chi connectivity index (χ0) is 33.6. The van der Waals surface area contributed by atoms with Crippen LogP contribution in [0.3, 0.4) is 0 Å². The van der Waals surface area contributed by atoms with Gasteiger partial charge < -0.3 is 79.7 Å². The number of nitrogens with one attached hydrogen (secondary N) is 3. The maximum absolute atomic E-state index is 12.2. The Hall–Kier alpha value is -2.11. The van der Waals surface area contributed by atoms with Crippen LogP contribution in [0.1, 0.15) is 20.8 Å². The Bertz CT molecular complexity index is 994. The molecule has 3 aliphatic rings. The Kier molecular flexibility index (Phi) is 13.8. The summed E-state index contributed by atoms with van der Waals surface area (Å²) in [6.45, 7) is 1.46. The molecule has 0 radical (unpaired) electrons. The number of hydrogen-bond donors (Lipinski definition) is 9. The predicted octanol–water partition coefficient (Wildman–Crippen LogP) is -5.83. The van der Waals surface area contributed by atoms with E-state index in [2.05, 4.69) is 16.0 Å². The number of carbonyl (C=O) groups excluding carboxylic acids is 3. The van der Waals surface area contributed by atoms with E-state index in [9.17, 15) is 45.0 Å². The lowest BCUT2D eigenvalue weighted by Gasteiger charge is -2.50. The Morgan fingerprint density at radius 3 is 1.18 bits per heavy atom. The van der Waals surface area contributed by atoms with Gasteiger partial charge in [0.25, 0.3) is 0 Å². The number of rotatable bonds is 12. The minimum Gasteiger partial charge on any atom is -0.394 e. The number of ether oxygens (including phenoxy) is 7. The van der Waals surface area contributed by atoms with Crippen LogP contribution in [0.4, 0.5) is 0 Å². The first-order valence-corrected chi connectivity index (χ1v) is 14.3. The SMILES string of the molecule is CO[C@@H]1OC(CO)[C@@H](O[C@@H]2O[C@H](CO)[C@@H](O[C@@H]3OC(CO)[C@@H](OC)[C@H](O)[C@H]3NC(C)=O)C(O)C2NC(C)=O)[C@H](O)[C@H]1NC(C)=O. The maximum Gasteiger partial charge on any atom is 0.217 e. The van der Waals surface area contributed by atoms with Gasteiger partial charge in [0.2, 0.25) is 17.7 Å². The third-order valence-corrected chi connectivity index (χ3v) is 7.76. The van der Waals surface area contributed by atoms with E-state index in [4.69, 9.17) is 33.2 Å². The summed E-state index contributed by atoms with van der Waals surface area (Å²) in [6, 6.07) is -3.86. The quantitative estimate of drug-likeness (QED) is 0.0947. The first-order valence-electron chi connectivity index (χ1n) is 14.3. The molecule has 0 bridgehead atoms. The van der Waals surface area contributed by atoms with E-state index in [1.807, 2.05) is 0 Å². The molecule has 260 valence electrons. The van der Waals surface area contributed by atoms with Crippen molar-refractivity contribution in [3.8, 4) is 0 Å². The van der Waals surface area contributed by atoms with Gasteiger partial charge >= 0.3 is 0 Å². The van der Waals surface area contributed by atoms with E-state index in [0.717, 1.165) is 6.92 Å². The van der Waals surface area contributed by atoms with E-state index in [-0.39, 0.29) is 0 Å². The van der Waals surface area contributed by atoms with Crippen molar-refractivity contribution in [2.24, 2.45) is 0 Å². The van der Waals surface area contributed by atoms with Gasteiger partial charge in [-0.3, -0.25) is 14.4 Å². The van der Waals surface area contributed by atoms with Crippen LogP contribution in [-0.4, -0.2) is 174 Å². The van der Waals surface area contributed by atoms with Gasteiger partial charge in [0.15, 0.2) is 18.9 Å². The van der Waals surface area contributed by atoms with Crippen molar-refractivity contribution in [1.29, 1.82) is 0 Å². The molecular formula is C26H45N3O16. The van der Waals surface area contributed by atoms with Crippen molar-refractivity contribution in [2.75, 3.05) is 34.0 Å². The third kappa shape index (κ3) is 8.63. The first-order chi connectivity index (χ1) is 21.3. The van der Waals surface area contributed by atoms with Crippen molar-refractivity contribution in [2.45, 2.75) is 113 Å². The number of aliphatic hydroxyl groups is 6. The van der Waals surface area contributed by atoms with Gasteiger partial charge in [-0.25, -0.2) is 0 Å². The lowest BCUT2D eigenvalue weighted by Crippen LogP contribution is -2.71. The van der Waals surface area contributed by atoms with Crippen LogP contribution in [0.25, 0.3) is 0 Å². The largest absolute Gasteiger partial charge is 0.394 e. The number of aliphatic hydroxyl groups excluding tert-OH is 6. The monoisotopic (exact) mass is 655 g/mol. The molecule has 0 spiro atoms. The van der Waals surface area contributed by atoms with Crippen molar-refractivity contribution in [1.82, 2.24) is 16.0 Å². The van der Waals surface area contributed by atoms with E-state index in [1.54, 1.807) is 0 Å². The molecule has 3 fully saturated rings. The van der Waals surface area contributed by atoms with Gasteiger partial charge in [-0.1, -0.05) is 0 Å². The zero-order valence-electron chi connectivity index (χ0n) is 25.5. The van der Waals surface area contributed by atoms with Gasteiger partial charge in [0.05, 0.1) is 19.8 Å². The Morgan fingerprint density at radius 2 is 0.867 bits per heavy atom. The summed E-state index contributed by atoms with van der Waals surface area (Å²) in [5, 5.41) is 71.1. The summed E-state index contributed by atoms with van der Waals surface area (Å²) in [5.41, 5.74) is 0. The average Bonchev–Trinajstić information content (AvgIpc) is 2.98. The highest BCUT2D eigenvalue weighted by molar-refractivity contribution is 5.74. The predicted molar refractivity (Wildman–Crippen MR) is 146 cm³/mol. The second kappa shape index (κ2) is 16.6. The Balaban J connectivity index is 1.91. The molecule has 4 unspecified atom stereocenters. The topological polar surface area (TPSA) is 273 Å². The first kappa shape index (κ1) is 37.3. The fourth-order valence-corrected chi connectivity index (χ4v) is 5.74. The van der Waals surface area contributed by atoms with Crippen LogP contribution in [0.15, 0.2) is 0 Å². The van der Waals surface area contributed by atoms with E-state index in [0.29, 0.717) is 0 Å².